The molecule has 0 spiro atoms. The van der Waals surface area contributed by atoms with Crippen molar-refractivity contribution in [2.75, 3.05) is 30.8 Å². The fourth-order valence-electron chi connectivity index (χ4n) is 5.05. The Bertz CT molecular complexity index is 1640. The summed E-state index contributed by atoms with van der Waals surface area (Å²) in [4.78, 5) is 29.6. The van der Waals surface area contributed by atoms with Gasteiger partial charge in [0.1, 0.15) is 18.3 Å². The van der Waals surface area contributed by atoms with Crippen LogP contribution < -0.4 is 14.4 Å². The Morgan fingerprint density at radius 1 is 0.884 bits per heavy atom. The number of carbonyl (C=O) groups excluding carboxylic acids is 2. The first kappa shape index (κ1) is 31.6. The molecule has 9 heteroatoms. The van der Waals surface area contributed by atoms with E-state index in [2.05, 4.69) is 5.32 Å². The maximum atomic E-state index is 14.3. The van der Waals surface area contributed by atoms with E-state index >= 15 is 0 Å². The van der Waals surface area contributed by atoms with Crippen LogP contribution in [0.15, 0.2) is 97.1 Å². The largest absolute Gasteiger partial charge is 0.497 e. The smallest absolute Gasteiger partial charge is 0.244 e. The summed E-state index contributed by atoms with van der Waals surface area (Å²) < 4.78 is 32.9. The van der Waals surface area contributed by atoms with Crippen molar-refractivity contribution >= 4 is 38.3 Å². The van der Waals surface area contributed by atoms with Crippen molar-refractivity contribution < 1.29 is 22.7 Å². The summed E-state index contributed by atoms with van der Waals surface area (Å²) in [6.07, 6.45) is 3.07. The number of benzene rings is 4. The highest BCUT2D eigenvalue weighted by atomic mass is 32.2. The maximum Gasteiger partial charge on any atom is 0.244 e. The molecule has 1 atom stereocenters. The third-order valence-electron chi connectivity index (χ3n) is 7.30. The first-order valence-electron chi connectivity index (χ1n) is 14.4. The molecular formula is C34H39N3O5S. The minimum Gasteiger partial charge on any atom is -0.497 e. The summed E-state index contributed by atoms with van der Waals surface area (Å²) >= 11 is 0. The van der Waals surface area contributed by atoms with E-state index in [-0.39, 0.29) is 18.9 Å². The molecule has 1 N–H and O–H groups in total. The van der Waals surface area contributed by atoms with Gasteiger partial charge in [-0.1, -0.05) is 92.2 Å². The molecule has 0 aliphatic heterocycles. The maximum absolute atomic E-state index is 14.3. The van der Waals surface area contributed by atoms with Crippen LogP contribution in [0.3, 0.4) is 0 Å². The molecule has 0 saturated carbocycles. The molecule has 4 aromatic carbocycles. The van der Waals surface area contributed by atoms with E-state index in [1.54, 1.807) is 25.3 Å². The molecule has 0 radical (unpaired) electrons. The number of rotatable bonds is 14. The lowest BCUT2D eigenvalue weighted by Gasteiger charge is -2.33. The highest BCUT2D eigenvalue weighted by Crippen LogP contribution is 2.29. The number of carbonyl (C=O) groups is 2. The number of sulfonamides is 1. The SMILES string of the molecule is CCCCNC(=O)C(Cc1ccccc1)N(Cc1cccc(OC)c1)C(=O)CN(c1cccc2ccccc12)S(C)(=O)=O. The van der Waals surface area contributed by atoms with Gasteiger partial charge in [0.05, 0.1) is 19.1 Å². The third-order valence-corrected chi connectivity index (χ3v) is 8.43. The molecule has 226 valence electrons. The van der Waals surface area contributed by atoms with E-state index in [4.69, 9.17) is 4.74 Å². The number of ether oxygens (including phenoxy) is 1. The van der Waals surface area contributed by atoms with Crippen molar-refractivity contribution in [2.45, 2.75) is 38.8 Å². The zero-order valence-corrected chi connectivity index (χ0v) is 25.7. The number of unbranched alkanes of at least 4 members (excludes halogenated alkanes) is 1. The lowest BCUT2D eigenvalue weighted by atomic mass is 10.0. The van der Waals surface area contributed by atoms with Crippen LogP contribution >= 0.6 is 0 Å². The lowest BCUT2D eigenvalue weighted by molar-refractivity contribution is -0.140. The predicted octanol–water partition coefficient (Wildman–Crippen LogP) is 5.17. The third kappa shape index (κ3) is 8.35. The number of amides is 2. The van der Waals surface area contributed by atoms with Gasteiger partial charge in [0.15, 0.2) is 0 Å². The van der Waals surface area contributed by atoms with Crippen LogP contribution in [0.4, 0.5) is 5.69 Å². The lowest BCUT2D eigenvalue weighted by Crippen LogP contribution is -2.53. The number of fused-ring (bicyclic) bond motifs is 1. The van der Waals surface area contributed by atoms with Crippen molar-refractivity contribution in [3.8, 4) is 5.75 Å². The first-order chi connectivity index (χ1) is 20.7. The highest BCUT2D eigenvalue weighted by Gasteiger charge is 2.33. The van der Waals surface area contributed by atoms with E-state index in [9.17, 15) is 18.0 Å². The second-order valence-corrected chi connectivity index (χ2v) is 12.4. The Balaban J connectivity index is 1.77. The molecule has 2 amide bonds. The van der Waals surface area contributed by atoms with Crippen LogP contribution in [0, 0.1) is 0 Å². The van der Waals surface area contributed by atoms with Crippen LogP contribution in [-0.4, -0.2) is 57.6 Å². The van der Waals surface area contributed by atoms with E-state index in [0.717, 1.165) is 39.9 Å². The van der Waals surface area contributed by atoms with Gasteiger partial charge >= 0.3 is 0 Å². The summed E-state index contributed by atoms with van der Waals surface area (Å²) in [5.41, 5.74) is 2.04. The van der Waals surface area contributed by atoms with Gasteiger partial charge in [0.25, 0.3) is 0 Å². The Labute approximate surface area is 254 Å². The molecule has 0 bridgehead atoms. The Hall–Kier alpha value is -4.37. The number of anilines is 1. The molecule has 0 fully saturated rings. The fraction of sp³-hybridized carbons (Fsp3) is 0.294. The van der Waals surface area contributed by atoms with Gasteiger partial charge in [-0.05, 0) is 41.1 Å². The van der Waals surface area contributed by atoms with Gasteiger partial charge in [-0.2, -0.15) is 0 Å². The molecule has 4 aromatic rings. The number of hydrogen-bond donors (Lipinski definition) is 1. The van der Waals surface area contributed by atoms with Gasteiger partial charge in [0, 0.05) is 24.9 Å². The zero-order chi connectivity index (χ0) is 30.8. The fourth-order valence-corrected chi connectivity index (χ4v) is 5.91. The minimum absolute atomic E-state index is 0.0852. The van der Waals surface area contributed by atoms with Gasteiger partial charge in [-0.15, -0.1) is 0 Å². The highest BCUT2D eigenvalue weighted by molar-refractivity contribution is 7.92. The summed E-state index contributed by atoms with van der Waals surface area (Å²) in [6, 6.07) is 28.7. The Morgan fingerprint density at radius 3 is 2.28 bits per heavy atom. The topological polar surface area (TPSA) is 96.0 Å². The van der Waals surface area contributed by atoms with Crippen LogP contribution in [0.1, 0.15) is 30.9 Å². The predicted molar refractivity (Wildman–Crippen MR) is 172 cm³/mol. The van der Waals surface area contributed by atoms with Crippen molar-refractivity contribution in [2.24, 2.45) is 0 Å². The summed E-state index contributed by atoms with van der Waals surface area (Å²) in [6.45, 7) is 2.14. The molecule has 0 heterocycles. The van der Waals surface area contributed by atoms with E-state index in [1.807, 2.05) is 85.8 Å². The molecule has 4 rings (SSSR count). The minimum atomic E-state index is -3.88. The van der Waals surface area contributed by atoms with E-state index in [0.29, 0.717) is 23.4 Å². The molecule has 0 aromatic heterocycles. The summed E-state index contributed by atoms with van der Waals surface area (Å²) in [5.74, 6) is -0.164. The number of methoxy groups -OCH3 is 1. The van der Waals surface area contributed by atoms with Crippen LogP contribution in [-0.2, 0) is 32.6 Å². The molecule has 0 saturated heterocycles. The van der Waals surface area contributed by atoms with Crippen molar-refractivity contribution in [1.29, 1.82) is 0 Å². The Kier molecular flexibility index (Phi) is 10.8. The van der Waals surface area contributed by atoms with Crippen molar-refractivity contribution in [3.05, 3.63) is 108 Å². The van der Waals surface area contributed by atoms with Crippen molar-refractivity contribution in [1.82, 2.24) is 10.2 Å². The second-order valence-electron chi connectivity index (χ2n) is 10.5. The van der Waals surface area contributed by atoms with Gasteiger partial charge in [-0.25, -0.2) is 8.42 Å². The molecular weight excluding hydrogens is 562 g/mol. The quantitative estimate of drug-likeness (QED) is 0.201. The van der Waals surface area contributed by atoms with Crippen LogP contribution in [0.2, 0.25) is 0 Å². The normalized spacial score (nSPS) is 12.0. The molecule has 0 aliphatic rings. The second kappa shape index (κ2) is 14.7. The average molecular weight is 602 g/mol. The summed E-state index contributed by atoms with van der Waals surface area (Å²) in [5, 5.41) is 4.56. The molecule has 8 nitrogen and oxygen atoms in total. The van der Waals surface area contributed by atoms with E-state index < -0.39 is 28.5 Å². The first-order valence-corrected chi connectivity index (χ1v) is 16.3. The molecule has 43 heavy (non-hydrogen) atoms. The van der Waals surface area contributed by atoms with Crippen LogP contribution in [0.5, 0.6) is 5.75 Å². The van der Waals surface area contributed by atoms with Gasteiger partial charge in [-0.3, -0.25) is 13.9 Å². The average Bonchev–Trinajstić information content (AvgIpc) is 3.01. The monoisotopic (exact) mass is 601 g/mol. The van der Waals surface area contributed by atoms with E-state index in [1.165, 1.54) is 4.90 Å². The number of hydrogen-bond acceptors (Lipinski definition) is 5. The zero-order valence-electron chi connectivity index (χ0n) is 24.9. The van der Waals surface area contributed by atoms with Crippen molar-refractivity contribution in [3.63, 3.8) is 0 Å². The van der Waals surface area contributed by atoms with Crippen LogP contribution in [0.25, 0.3) is 10.8 Å². The number of nitrogens with one attached hydrogen (secondary N) is 1. The van der Waals surface area contributed by atoms with Gasteiger partial charge in [0.2, 0.25) is 21.8 Å². The Morgan fingerprint density at radius 2 is 1.56 bits per heavy atom. The molecule has 1 unspecified atom stereocenters. The number of nitrogens with zero attached hydrogens (tertiary/aromatic N) is 2. The summed E-state index contributed by atoms with van der Waals surface area (Å²) in [7, 11) is -2.31. The standard InChI is InChI=1S/C34H39N3O5S/c1-4-5-21-35-34(39)32(23-26-13-7-6-8-14-26)36(24-27-15-11-18-29(22-27)42-2)33(38)25-37(43(3,40)41)31-20-12-17-28-16-9-10-19-30(28)31/h6-20,22,32H,4-5,21,23-25H2,1-3H3,(H,35,39). The van der Waals surface area contributed by atoms with Gasteiger partial charge < -0.3 is 15.0 Å². The molecule has 0 aliphatic carbocycles.